The Hall–Kier alpha value is -1.79. The molecule has 0 amide bonds. The van der Waals surface area contributed by atoms with E-state index in [-0.39, 0.29) is 23.8 Å². The van der Waals surface area contributed by atoms with E-state index < -0.39 is 0 Å². The highest BCUT2D eigenvalue weighted by Crippen LogP contribution is 2.32. The monoisotopic (exact) mass is 369 g/mol. The molecule has 0 aliphatic carbocycles. The van der Waals surface area contributed by atoms with Gasteiger partial charge >= 0.3 is 0 Å². The molecule has 0 saturated carbocycles. The number of carbonyl (C=O) groups excluding carboxylic acids is 2. The van der Waals surface area contributed by atoms with Crippen LogP contribution in [-0.4, -0.2) is 56.4 Å². The number of piperidine rings is 1. The van der Waals surface area contributed by atoms with Gasteiger partial charge in [-0.3, -0.25) is 9.59 Å². The Morgan fingerprint density at radius 2 is 1.73 bits per heavy atom. The Balaban J connectivity index is 0.000000920. The number of hydrogen-bond donors (Lipinski definition) is 1. The van der Waals surface area contributed by atoms with Gasteiger partial charge in [0.1, 0.15) is 11.6 Å². The lowest BCUT2D eigenvalue weighted by atomic mass is 9.86. The zero-order valence-corrected chi connectivity index (χ0v) is 16.5. The van der Waals surface area contributed by atoms with E-state index in [2.05, 4.69) is 32.7 Å². The number of likely N-dealkylation sites (tertiary alicyclic amines) is 1. The van der Waals surface area contributed by atoms with Crippen molar-refractivity contribution in [1.29, 1.82) is 0 Å². The summed E-state index contributed by atoms with van der Waals surface area (Å²) in [4.78, 5) is 20.0. The summed E-state index contributed by atoms with van der Waals surface area (Å²) in [5, 5.41) is 7.00. The van der Waals surface area contributed by atoms with Gasteiger partial charge in [0, 0.05) is 12.7 Å². The smallest absolute Gasteiger partial charge is 0.182 e. The van der Waals surface area contributed by atoms with Crippen LogP contribution in [0.4, 0.5) is 4.39 Å². The third-order valence-electron chi connectivity index (χ3n) is 4.12. The van der Waals surface area contributed by atoms with Crippen molar-refractivity contribution in [3.8, 4) is 5.75 Å². The molecule has 1 aromatic carbocycles. The summed E-state index contributed by atoms with van der Waals surface area (Å²) >= 11 is 0. The number of aliphatic hydroxyl groups excluding tert-OH is 1. The van der Waals surface area contributed by atoms with E-state index in [1.165, 1.54) is 18.9 Å². The van der Waals surface area contributed by atoms with Crippen molar-refractivity contribution in [3.63, 3.8) is 0 Å². The zero-order valence-electron chi connectivity index (χ0n) is 16.5. The minimum Gasteiger partial charge on any atom is -0.493 e. The third-order valence-corrected chi connectivity index (χ3v) is 4.12. The highest BCUT2D eigenvalue weighted by atomic mass is 19.1. The van der Waals surface area contributed by atoms with Gasteiger partial charge in [-0.15, -0.1) is 0 Å². The van der Waals surface area contributed by atoms with Crippen LogP contribution in [0.25, 0.3) is 0 Å². The molecule has 148 valence electrons. The number of halogens is 1. The van der Waals surface area contributed by atoms with Gasteiger partial charge in [-0.1, -0.05) is 20.8 Å². The molecule has 0 atom stereocenters. The van der Waals surface area contributed by atoms with Crippen molar-refractivity contribution in [2.45, 2.75) is 39.0 Å². The van der Waals surface area contributed by atoms with E-state index in [1.807, 2.05) is 0 Å². The van der Waals surface area contributed by atoms with E-state index >= 15 is 0 Å². The lowest BCUT2D eigenvalue weighted by molar-refractivity contribution is -0.122. The van der Waals surface area contributed by atoms with Gasteiger partial charge in [-0.2, -0.15) is 0 Å². The molecular formula is C20H32FNO4. The SMILES string of the molecule is CN1CCC(COc2ccc(F)cc2C(C)(C)C)CC1.CO.O=CC=O. The lowest BCUT2D eigenvalue weighted by Crippen LogP contribution is -2.32. The number of aliphatic hydroxyl groups is 1. The van der Waals surface area contributed by atoms with Gasteiger partial charge in [-0.25, -0.2) is 4.39 Å². The van der Waals surface area contributed by atoms with E-state index in [1.54, 1.807) is 12.1 Å². The number of carbonyl (C=O) groups is 2. The highest BCUT2D eigenvalue weighted by Gasteiger charge is 2.22. The maximum atomic E-state index is 13.5. The Labute approximate surface area is 156 Å². The van der Waals surface area contributed by atoms with Gasteiger partial charge in [-0.05, 0) is 62.5 Å². The predicted molar refractivity (Wildman–Crippen MR) is 101 cm³/mol. The fourth-order valence-corrected chi connectivity index (χ4v) is 2.65. The molecule has 0 radical (unpaired) electrons. The minimum atomic E-state index is -0.193. The maximum Gasteiger partial charge on any atom is 0.182 e. The Kier molecular flexibility index (Phi) is 11.7. The van der Waals surface area contributed by atoms with E-state index in [0.717, 1.165) is 38.1 Å². The Morgan fingerprint density at radius 3 is 2.19 bits per heavy atom. The van der Waals surface area contributed by atoms with Crippen molar-refractivity contribution in [2.24, 2.45) is 5.92 Å². The quantitative estimate of drug-likeness (QED) is 0.653. The summed E-state index contributed by atoms with van der Waals surface area (Å²) in [5.74, 6) is 1.25. The van der Waals surface area contributed by atoms with E-state index in [4.69, 9.17) is 19.4 Å². The summed E-state index contributed by atoms with van der Waals surface area (Å²) in [5.41, 5.74) is 0.843. The summed E-state index contributed by atoms with van der Waals surface area (Å²) < 4.78 is 19.5. The summed E-state index contributed by atoms with van der Waals surface area (Å²) in [6.45, 7) is 9.29. The van der Waals surface area contributed by atoms with Gasteiger partial charge < -0.3 is 14.7 Å². The molecule has 0 unspecified atom stereocenters. The highest BCUT2D eigenvalue weighted by molar-refractivity contribution is 6.09. The molecule has 26 heavy (non-hydrogen) atoms. The molecule has 1 N–H and O–H groups in total. The van der Waals surface area contributed by atoms with E-state index in [9.17, 15) is 4.39 Å². The van der Waals surface area contributed by atoms with Gasteiger partial charge in [0.05, 0.1) is 6.61 Å². The largest absolute Gasteiger partial charge is 0.493 e. The molecule has 6 heteroatoms. The van der Waals surface area contributed by atoms with Crippen LogP contribution < -0.4 is 4.74 Å². The number of ether oxygens (including phenoxy) is 1. The average Bonchev–Trinajstić information content (AvgIpc) is 2.63. The second-order valence-corrected chi connectivity index (χ2v) is 7.22. The summed E-state index contributed by atoms with van der Waals surface area (Å²) in [6, 6.07) is 4.86. The fourth-order valence-electron chi connectivity index (χ4n) is 2.65. The first-order valence-electron chi connectivity index (χ1n) is 8.73. The number of hydrogen-bond acceptors (Lipinski definition) is 5. The normalized spacial score (nSPS) is 15.0. The maximum absolute atomic E-state index is 13.5. The number of rotatable bonds is 4. The van der Waals surface area contributed by atoms with Crippen molar-refractivity contribution in [2.75, 3.05) is 33.9 Å². The van der Waals surface area contributed by atoms with Crippen molar-refractivity contribution < 1.29 is 23.8 Å². The molecule has 2 rings (SSSR count). The van der Waals surface area contributed by atoms with Crippen LogP contribution in [0.5, 0.6) is 5.75 Å². The Morgan fingerprint density at radius 1 is 1.19 bits per heavy atom. The van der Waals surface area contributed by atoms with Crippen LogP contribution in [0.2, 0.25) is 0 Å². The molecule has 1 aliphatic rings. The third kappa shape index (κ3) is 9.06. The van der Waals surface area contributed by atoms with Crippen LogP contribution in [0, 0.1) is 11.7 Å². The van der Waals surface area contributed by atoms with Gasteiger partial charge in [0.15, 0.2) is 12.6 Å². The number of nitrogens with zero attached hydrogens (tertiary/aromatic N) is 1. The van der Waals surface area contributed by atoms with Crippen LogP contribution in [0.15, 0.2) is 18.2 Å². The first-order valence-corrected chi connectivity index (χ1v) is 8.73. The molecule has 1 aromatic rings. The van der Waals surface area contributed by atoms with Crippen LogP contribution in [0.1, 0.15) is 39.2 Å². The van der Waals surface area contributed by atoms with Crippen molar-refractivity contribution in [1.82, 2.24) is 4.90 Å². The first kappa shape index (κ1) is 24.2. The molecule has 1 fully saturated rings. The first-order chi connectivity index (χ1) is 12.3. The molecule has 1 aliphatic heterocycles. The second-order valence-electron chi connectivity index (χ2n) is 7.22. The number of benzene rings is 1. The molecule has 1 saturated heterocycles. The minimum absolute atomic E-state index is 0.107. The van der Waals surface area contributed by atoms with Gasteiger partial charge in [0.2, 0.25) is 0 Å². The summed E-state index contributed by atoms with van der Waals surface area (Å²) in [6.07, 6.45) is 2.76. The molecule has 0 bridgehead atoms. The average molecular weight is 369 g/mol. The topological polar surface area (TPSA) is 66.8 Å². The fraction of sp³-hybridized carbons (Fsp3) is 0.600. The Bertz CT molecular complexity index is 529. The van der Waals surface area contributed by atoms with Crippen LogP contribution in [-0.2, 0) is 15.0 Å². The predicted octanol–water partition coefficient (Wildman–Crippen LogP) is 2.84. The molecule has 0 spiro atoms. The van der Waals surface area contributed by atoms with Crippen LogP contribution in [0.3, 0.4) is 0 Å². The standard InChI is InChI=1S/C17H26FNO.C2H2O2.CH4O/c1-17(2,3)15-11-14(18)5-6-16(15)20-12-13-7-9-19(4)10-8-13;3-1-2-4;1-2/h5-6,11,13H,7-10,12H2,1-4H3;1-2H;2H,1H3. The molecule has 0 aromatic heterocycles. The molecule has 1 heterocycles. The molecule has 5 nitrogen and oxygen atoms in total. The zero-order chi connectivity index (χ0) is 20.2. The molecular weight excluding hydrogens is 337 g/mol. The van der Waals surface area contributed by atoms with Crippen molar-refractivity contribution in [3.05, 3.63) is 29.6 Å². The second kappa shape index (κ2) is 12.5. The van der Waals surface area contributed by atoms with Crippen molar-refractivity contribution >= 4 is 12.6 Å². The van der Waals surface area contributed by atoms with Crippen LogP contribution >= 0.6 is 0 Å². The lowest BCUT2D eigenvalue weighted by Gasteiger charge is -2.29. The van der Waals surface area contributed by atoms with E-state index in [0.29, 0.717) is 5.92 Å². The summed E-state index contributed by atoms with van der Waals surface area (Å²) in [7, 11) is 3.16. The van der Waals surface area contributed by atoms with Gasteiger partial charge in [0.25, 0.3) is 0 Å². The number of aldehydes is 2.